The van der Waals surface area contributed by atoms with Crippen molar-refractivity contribution in [1.82, 2.24) is 0 Å². The molecule has 0 aromatic heterocycles. The van der Waals surface area contributed by atoms with Crippen molar-refractivity contribution in [3.8, 4) is 0 Å². The van der Waals surface area contributed by atoms with E-state index in [9.17, 15) is 9.59 Å². The Morgan fingerprint density at radius 1 is 1.33 bits per heavy atom. The Hall–Kier alpha value is -2.14. The number of anilines is 1. The van der Waals surface area contributed by atoms with Crippen molar-refractivity contribution in [3.63, 3.8) is 0 Å². The predicted octanol–water partition coefficient (Wildman–Crippen LogP) is 2.78. The van der Waals surface area contributed by atoms with E-state index in [0.717, 1.165) is 0 Å². The largest absolute Gasteiger partial charge is 0.462 e. The first kappa shape index (κ1) is 16.9. The molecule has 1 unspecified atom stereocenters. The fraction of sp³-hybridized carbons (Fsp3) is 0.375. The first-order valence-corrected chi connectivity index (χ1v) is 6.89. The quantitative estimate of drug-likeness (QED) is 0.454. The zero-order chi connectivity index (χ0) is 15.7. The summed E-state index contributed by atoms with van der Waals surface area (Å²) in [7, 11) is 0. The molecule has 1 aromatic rings. The molecule has 0 saturated heterocycles. The molecule has 1 amide bonds. The second-order valence-electron chi connectivity index (χ2n) is 4.38. The topological polar surface area (TPSA) is 64.6 Å². The fourth-order valence-electron chi connectivity index (χ4n) is 1.55. The summed E-state index contributed by atoms with van der Waals surface area (Å²) < 4.78 is 10.2. The number of esters is 1. The lowest BCUT2D eigenvalue weighted by atomic mass is 10.2. The molecule has 5 heteroatoms. The van der Waals surface area contributed by atoms with Crippen molar-refractivity contribution in [2.24, 2.45) is 0 Å². The van der Waals surface area contributed by atoms with Gasteiger partial charge < -0.3 is 14.8 Å². The Balaban J connectivity index is 2.53. The first-order chi connectivity index (χ1) is 10.1. The van der Waals surface area contributed by atoms with Crippen molar-refractivity contribution in [2.45, 2.75) is 26.4 Å². The molecule has 0 saturated carbocycles. The van der Waals surface area contributed by atoms with Crippen molar-refractivity contribution in [2.75, 3.05) is 18.5 Å². The summed E-state index contributed by atoms with van der Waals surface area (Å²) in [5.41, 5.74) is 1.05. The van der Waals surface area contributed by atoms with Gasteiger partial charge in [0.2, 0.25) is 0 Å². The summed E-state index contributed by atoms with van der Waals surface area (Å²) in [5, 5.41) is 2.72. The molecule has 5 nitrogen and oxygen atoms in total. The number of hydrogen-bond acceptors (Lipinski definition) is 4. The summed E-state index contributed by atoms with van der Waals surface area (Å²) >= 11 is 0. The van der Waals surface area contributed by atoms with E-state index in [1.54, 1.807) is 44.2 Å². The standard InChI is InChI=1S/C16H21NO4/c1-4-6-11-21-12(3)15(18)17-14-9-7-13(8-10-14)16(19)20-5-2/h4,7-10,12H,1,5-6,11H2,2-3H3,(H,17,18). The van der Waals surface area contributed by atoms with Crippen molar-refractivity contribution in [1.29, 1.82) is 0 Å². The summed E-state index contributed by atoms with van der Waals surface area (Å²) in [4.78, 5) is 23.4. The van der Waals surface area contributed by atoms with Gasteiger partial charge in [-0.1, -0.05) is 6.08 Å². The average Bonchev–Trinajstić information content (AvgIpc) is 2.48. The molecule has 1 rings (SSSR count). The highest BCUT2D eigenvalue weighted by molar-refractivity contribution is 5.95. The second-order valence-corrected chi connectivity index (χ2v) is 4.38. The van der Waals surface area contributed by atoms with Crippen molar-refractivity contribution >= 4 is 17.6 Å². The van der Waals surface area contributed by atoms with E-state index in [1.807, 2.05) is 0 Å². The number of hydrogen-bond donors (Lipinski definition) is 1. The van der Waals surface area contributed by atoms with Gasteiger partial charge in [-0.2, -0.15) is 0 Å². The second kappa shape index (κ2) is 8.92. The molecular weight excluding hydrogens is 270 g/mol. The van der Waals surface area contributed by atoms with Crippen LogP contribution in [0.5, 0.6) is 0 Å². The van der Waals surface area contributed by atoms with Crippen LogP contribution in [0.25, 0.3) is 0 Å². The van der Waals surface area contributed by atoms with Crippen LogP contribution in [0.3, 0.4) is 0 Å². The smallest absolute Gasteiger partial charge is 0.338 e. The van der Waals surface area contributed by atoms with Crippen LogP contribution in [0, 0.1) is 0 Å². The van der Waals surface area contributed by atoms with Crippen LogP contribution >= 0.6 is 0 Å². The Morgan fingerprint density at radius 3 is 2.57 bits per heavy atom. The molecule has 1 aromatic carbocycles. The van der Waals surface area contributed by atoms with Gasteiger partial charge in [0.15, 0.2) is 0 Å². The van der Waals surface area contributed by atoms with Gasteiger partial charge in [-0.25, -0.2) is 4.79 Å². The maximum atomic E-state index is 11.9. The Bertz CT molecular complexity index is 482. The molecule has 0 bridgehead atoms. The monoisotopic (exact) mass is 291 g/mol. The first-order valence-electron chi connectivity index (χ1n) is 6.89. The predicted molar refractivity (Wildman–Crippen MR) is 81.3 cm³/mol. The highest BCUT2D eigenvalue weighted by Gasteiger charge is 2.13. The lowest BCUT2D eigenvalue weighted by molar-refractivity contribution is -0.126. The number of rotatable bonds is 8. The Morgan fingerprint density at radius 2 is 2.00 bits per heavy atom. The van der Waals surface area contributed by atoms with Gasteiger partial charge in [-0.15, -0.1) is 6.58 Å². The third-order valence-electron chi connectivity index (χ3n) is 2.72. The van der Waals surface area contributed by atoms with E-state index < -0.39 is 6.10 Å². The number of amides is 1. The van der Waals surface area contributed by atoms with Crippen LogP contribution < -0.4 is 5.32 Å². The van der Waals surface area contributed by atoms with Gasteiger partial charge in [0.1, 0.15) is 6.10 Å². The van der Waals surface area contributed by atoms with E-state index >= 15 is 0 Å². The fourth-order valence-corrected chi connectivity index (χ4v) is 1.55. The molecule has 0 fully saturated rings. The maximum Gasteiger partial charge on any atom is 0.338 e. The molecule has 0 spiro atoms. The summed E-state index contributed by atoms with van der Waals surface area (Å²) in [5.74, 6) is -0.612. The minimum atomic E-state index is -0.547. The van der Waals surface area contributed by atoms with Crippen LogP contribution in [0.15, 0.2) is 36.9 Å². The number of benzene rings is 1. The van der Waals surface area contributed by atoms with Crippen LogP contribution in [-0.2, 0) is 14.3 Å². The number of nitrogens with one attached hydrogen (secondary N) is 1. The highest BCUT2D eigenvalue weighted by atomic mass is 16.5. The molecule has 0 heterocycles. The SMILES string of the molecule is C=CCCOC(C)C(=O)Nc1ccc(C(=O)OCC)cc1. The molecule has 21 heavy (non-hydrogen) atoms. The Kier molecular flexibility index (Phi) is 7.18. The minimum Gasteiger partial charge on any atom is -0.462 e. The van der Waals surface area contributed by atoms with E-state index in [1.165, 1.54) is 0 Å². The molecule has 1 atom stereocenters. The van der Waals surface area contributed by atoms with Crippen LogP contribution in [0.2, 0.25) is 0 Å². The van der Waals surface area contributed by atoms with Crippen LogP contribution in [0.4, 0.5) is 5.69 Å². The molecule has 0 aliphatic carbocycles. The maximum absolute atomic E-state index is 11.9. The van der Waals surface area contributed by atoms with Gasteiger partial charge in [0.05, 0.1) is 18.8 Å². The van der Waals surface area contributed by atoms with Crippen LogP contribution in [-0.4, -0.2) is 31.2 Å². The van der Waals surface area contributed by atoms with E-state index in [0.29, 0.717) is 30.9 Å². The molecule has 0 aliphatic rings. The summed E-state index contributed by atoms with van der Waals surface area (Å²) in [6, 6.07) is 6.52. The lowest BCUT2D eigenvalue weighted by Gasteiger charge is -2.13. The van der Waals surface area contributed by atoms with Crippen molar-refractivity contribution < 1.29 is 19.1 Å². The lowest BCUT2D eigenvalue weighted by Crippen LogP contribution is -2.28. The zero-order valence-electron chi connectivity index (χ0n) is 12.4. The normalized spacial score (nSPS) is 11.5. The summed E-state index contributed by atoms with van der Waals surface area (Å²) in [6.45, 7) is 7.81. The molecule has 0 radical (unpaired) electrons. The van der Waals surface area contributed by atoms with Gasteiger partial charge in [-0.05, 0) is 44.5 Å². The van der Waals surface area contributed by atoms with E-state index in [4.69, 9.17) is 9.47 Å². The number of ether oxygens (including phenoxy) is 2. The van der Waals surface area contributed by atoms with Gasteiger partial charge in [0, 0.05) is 5.69 Å². The highest BCUT2D eigenvalue weighted by Crippen LogP contribution is 2.11. The van der Waals surface area contributed by atoms with E-state index in [-0.39, 0.29) is 11.9 Å². The minimum absolute atomic E-state index is 0.233. The summed E-state index contributed by atoms with van der Waals surface area (Å²) in [6.07, 6.45) is 1.89. The van der Waals surface area contributed by atoms with Crippen LogP contribution in [0.1, 0.15) is 30.6 Å². The number of carbonyl (C=O) groups excluding carboxylic acids is 2. The molecular formula is C16H21NO4. The van der Waals surface area contributed by atoms with Gasteiger partial charge in [-0.3, -0.25) is 4.79 Å². The molecule has 0 aliphatic heterocycles. The van der Waals surface area contributed by atoms with Gasteiger partial charge in [0.25, 0.3) is 5.91 Å². The zero-order valence-corrected chi connectivity index (χ0v) is 12.4. The van der Waals surface area contributed by atoms with Crippen molar-refractivity contribution in [3.05, 3.63) is 42.5 Å². The molecule has 114 valence electrons. The average molecular weight is 291 g/mol. The number of carbonyl (C=O) groups is 2. The third-order valence-corrected chi connectivity index (χ3v) is 2.72. The molecule has 1 N–H and O–H groups in total. The Labute approximate surface area is 124 Å². The third kappa shape index (κ3) is 5.79. The van der Waals surface area contributed by atoms with E-state index in [2.05, 4.69) is 11.9 Å². The van der Waals surface area contributed by atoms with Gasteiger partial charge >= 0.3 is 5.97 Å².